The number of carbonyl (C=O) groups is 1. The van der Waals surface area contributed by atoms with Gasteiger partial charge >= 0.3 is 5.97 Å². The monoisotopic (exact) mass is 1410 g/mol. The highest BCUT2D eigenvalue weighted by molar-refractivity contribution is 8.77. The molecule has 102 heavy (non-hydrogen) atoms. The van der Waals surface area contributed by atoms with Crippen molar-refractivity contribution in [2.75, 3.05) is 39.5 Å². The van der Waals surface area contributed by atoms with Crippen molar-refractivity contribution in [3.05, 3.63) is 163 Å². The van der Waals surface area contributed by atoms with Crippen LogP contribution in [0.5, 0.6) is 28.7 Å². The van der Waals surface area contributed by atoms with E-state index in [0.717, 1.165) is 159 Å². The maximum atomic E-state index is 14.4. The predicted molar refractivity (Wildman–Crippen MR) is 401 cm³/mol. The maximum Gasteiger partial charge on any atom is 0.302 e. The number of hydrogen-bond donors (Lipinski definition) is 8. The van der Waals surface area contributed by atoms with Crippen LogP contribution in [-0.4, -0.2) is 102 Å². The third kappa shape index (κ3) is 12.1. The van der Waals surface area contributed by atoms with Gasteiger partial charge in [0.1, 0.15) is 42.0 Å². The van der Waals surface area contributed by atoms with E-state index in [0.29, 0.717) is 53.6 Å². The van der Waals surface area contributed by atoms with Crippen molar-refractivity contribution >= 4 is 33.6 Å². The summed E-state index contributed by atoms with van der Waals surface area (Å²) in [6, 6.07) is 25.9. The smallest absolute Gasteiger partial charge is 0.302 e. The summed E-state index contributed by atoms with van der Waals surface area (Å²) in [4.78, 5) is 13.7. The van der Waals surface area contributed by atoms with E-state index in [1.54, 1.807) is 13.2 Å². The van der Waals surface area contributed by atoms with Crippen molar-refractivity contribution in [1.82, 2.24) is 16.0 Å². The minimum absolute atomic E-state index is 0.00528. The number of aryl methyl sites for hydroxylation is 1. The minimum Gasteiger partial charge on any atom is -0.508 e. The number of methoxy groups -OCH3 is 1. The van der Waals surface area contributed by atoms with Gasteiger partial charge in [0, 0.05) is 113 Å². The zero-order chi connectivity index (χ0) is 69.5. The maximum absolute atomic E-state index is 14.4. The highest BCUT2D eigenvalue weighted by Gasteiger charge is 2.57. The molecular weight excluding hydrogens is 1310 g/mol. The van der Waals surface area contributed by atoms with Crippen LogP contribution >= 0.6 is 21.6 Å². The molecule has 534 valence electrons. The molecule has 0 amide bonds. The summed E-state index contributed by atoms with van der Waals surface area (Å²) >= 11 is 0. The van der Waals surface area contributed by atoms with Crippen LogP contribution in [0.25, 0.3) is 17.2 Å². The Morgan fingerprint density at radius 3 is 2.57 bits per heavy atom. The SMILES string of the molecule is CCC1=CC2=C(C#CC3C#CC4Cc5cc6ccc5CCCC(NCc5c(O)c7c(c(c53)C3Oc5c(ccc8c5C5(CCC(C5)C2C62CCCCC2)Cc2cc(O)cc(OCO)c2-8)C3COC(C)=O)C=CC2NC3CCCC(CSSC(Cc5ccccc5)C2O7)C3)C(CO)C4COC)NC1N. The average molecular weight is 1410 g/mol. The molecule has 6 aliphatic heterocycles. The average Bonchev–Trinajstić information content (AvgIpc) is 1.49. The molecule has 4 fully saturated rings. The van der Waals surface area contributed by atoms with Crippen LogP contribution in [-0.2, 0) is 57.3 Å². The lowest BCUT2D eigenvalue weighted by Gasteiger charge is -2.49. The van der Waals surface area contributed by atoms with Crippen LogP contribution < -0.4 is 35.9 Å². The van der Waals surface area contributed by atoms with E-state index >= 15 is 0 Å². The molecule has 3 saturated carbocycles. The van der Waals surface area contributed by atoms with Gasteiger partial charge in [0.2, 0.25) is 0 Å². The number of aliphatic hydroxyl groups is 2. The number of esters is 1. The summed E-state index contributed by atoms with van der Waals surface area (Å²) < 4.78 is 35.3. The number of carbonyl (C=O) groups excluding carboxylic acids is 1. The van der Waals surface area contributed by atoms with E-state index in [2.05, 4.69) is 125 Å². The molecule has 0 radical (unpaired) electrons. The molecule has 0 aromatic heterocycles. The number of ether oxygens (including phenoxy) is 5. The third-order valence-corrected chi connectivity index (χ3v) is 29.2. The van der Waals surface area contributed by atoms with Crippen molar-refractivity contribution in [1.29, 1.82) is 0 Å². The number of fused-ring (bicyclic) bond motifs is 16. The van der Waals surface area contributed by atoms with E-state index in [9.17, 15) is 25.2 Å². The summed E-state index contributed by atoms with van der Waals surface area (Å²) in [5.41, 5.74) is 22.1. The van der Waals surface area contributed by atoms with Crippen molar-refractivity contribution in [2.45, 2.75) is 207 Å². The Labute approximate surface area is 608 Å². The molecule has 5 aromatic rings. The van der Waals surface area contributed by atoms with Crippen LogP contribution in [0.15, 0.2) is 102 Å². The zero-order valence-corrected chi connectivity index (χ0v) is 60.8. The Hall–Kier alpha value is -6.83. The topological polar surface area (TPSA) is 206 Å². The van der Waals surface area contributed by atoms with E-state index in [4.69, 9.17) is 29.4 Å². The first kappa shape index (κ1) is 68.3. The van der Waals surface area contributed by atoms with Crippen molar-refractivity contribution in [3.8, 4) is 63.6 Å². The molecule has 16 heteroatoms. The zero-order valence-electron chi connectivity index (χ0n) is 59.1. The molecule has 1 saturated heterocycles. The van der Waals surface area contributed by atoms with Crippen LogP contribution in [0.4, 0.5) is 0 Å². The number of hydrogen-bond acceptors (Lipinski definition) is 16. The fraction of sp³-hybridized carbons (Fsp3) is 0.523. The second-order valence-corrected chi connectivity index (χ2v) is 34.4. The molecule has 12 bridgehead atoms. The Morgan fingerprint density at radius 2 is 1.75 bits per heavy atom. The van der Waals surface area contributed by atoms with Gasteiger partial charge in [-0.2, -0.15) is 0 Å². The number of dihydropyridines is 1. The standard InChI is InChI=1S/C86H98N4O10S2/c1-4-51-38-64-70(90-84(51)87)27-22-53-19-20-54-35-56-36-58-23-21-52(56)16-12-18-69(66(43-91)67(54)44-96-3)88-42-65-75(53)76(63-26-28-71-83(100-82(63)79(65)95)73(34-49-13-7-5-8-14-49)102-101-46-50-15-11-17-59(33-50)89-71)80-68(45-97-48(2)93)61-24-25-62-74-57(37-60(94)39-72(74)98-47-92)41-85(78(62)81(61)99-80)32-29-55(40-85)77(64)86(58)30-9-6-10-31-86/h5,7-8,13-14,21,23-26,28,36-39,50,53-55,59,66-69,71,73,77,80,83-84,88-92,94-95H,4,6,9-12,15-18,29-35,40-47,87H2,1-3H3. The first-order chi connectivity index (χ1) is 49.8. The molecule has 16 atom stereocenters. The quantitative estimate of drug-likeness (QED) is 0.0283. The summed E-state index contributed by atoms with van der Waals surface area (Å²) in [6.07, 6.45) is 22.4. The minimum atomic E-state index is -0.902. The third-order valence-electron chi connectivity index (χ3n) is 26.2. The molecule has 6 heterocycles. The Kier molecular flexibility index (Phi) is 18.9. The van der Waals surface area contributed by atoms with Gasteiger partial charge in [-0.15, -0.1) is 0 Å². The fourth-order valence-corrected chi connectivity index (χ4v) is 24.9. The predicted octanol–water partition coefficient (Wildman–Crippen LogP) is 13.7. The molecule has 9 N–H and O–H groups in total. The molecule has 14 nitrogen and oxygen atoms in total. The molecule has 6 aliphatic carbocycles. The van der Waals surface area contributed by atoms with Gasteiger partial charge in [0.05, 0.1) is 35.7 Å². The van der Waals surface area contributed by atoms with E-state index in [-0.39, 0.29) is 89.6 Å². The summed E-state index contributed by atoms with van der Waals surface area (Å²) in [6.45, 7) is 3.49. The van der Waals surface area contributed by atoms with Crippen molar-refractivity contribution in [2.24, 2.45) is 41.2 Å². The highest BCUT2D eigenvalue weighted by Crippen LogP contribution is 2.67. The van der Waals surface area contributed by atoms with Gasteiger partial charge in [0.15, 0.2) is 18.3 Å². The van der Waals surface area contributed by atoms with Gasteiger partial charge in [-0.05, 0) is 176 Å². The molecule has 5 aromatic carbocycles. The molecule has 12 aliphatic rings. The summed E-state index contributed by atoms with van der Waals surface area (Å²) in [7, 11) is 5.63. The largest absolute Gasteiger partial charge is 0.508 e. The number of phenols is 2. The van der Waals surface area contributed by atoms with E-state index in [1.807, 2.05) is 27.7 Å². The van der Waals surface area contributed by atoms with Crippen LogP contribution in [0.3, 0.4) is 0 Å². The number of benzene rings is 5. The number of allylic oxidation sites excluding steroid dienone is 3. The number of phenolic OH excluding ortho intramolecular Hbond substituents is 2. The second kappa shape index (κ2) is 28.2. The number of nitrogens with two attached hydrogens (primary N) is 1. The van der Waals surface area contributed by atoms with E-state index in [1.165, 1.54) is 41.2 Å². The lowest BCUT2D eigenvalue weighted by Crippen LogP contribution is -2.52. The van der Waals surface area contributed by atoms with Crippen molar-refractivity contribution in [3.63, 3.8) is 0 Å². The Balaban J connectivity index is 1.02. The van der Waals surface area contributed by atoms with Crippen molar-refractivity contribution < 1.29 is 48.9 Å². The second-order valence-electron chi connectivity index (χ2n) is 31.8. The van der Waals surface area contributed by atoms with Crippen LogP contribution in [0.2, 0.25) is 0 Å². The number of nitrogens with one attached hydrogen (secondary N) is 3. The fourth-order valence-electron chi connectivity index (χ4n) is 21.7. The molecular formula is C86H98N4O10S2. The van der Waals surface area contributed by atoms with Crippen LogP contribution in [0, 0.1) is 59.2 Å². The molecule has 16 unspecified atom stereocenters. The highest BCUT2D eigenvalue weighted by atomic mass is 33.1. The Morgan fingerprint density at radius 1 is 0.873 bits per heavy atom. The first-order valence-electron chi connectivity index (χ1n) is 38.2. The normalized spacial score (nSPS) is 31.9. The number of aliphatic hydroxyl groups excluding tert-OH is 2. The summed E-state index contributed by atoms with van der Waals surface area (Å²) in [5, 5.41) is 61.2. The molecule has 17 rings (SSSR count). The van der Waals surface area contributed by atoms with Gasteiger partial charge in [-0.1, -0.05) is 151 Å². The first-order valence-corrected chi connectivity index (χ1v) is 40.6. The van der Waals surface area contributed by atoms with Crippen LogP contribution in [0.1, 0.15) is 189 Å². The van der Waals surface area contributed by atoms with Gasteiger partial charge < -0.3 is 65.8 Å². The number of rotatable bonds is 10. The van der Waals surface area contributed by atoms with Gasteiger partial charge in [-0.3, -0.25) is 4.79 Å². The number of aromatic hydroxyl groups is 2. The van der Waals surface area contributed by atoms with Gasteiger partial charge in [-0.25, -0.2) is 0 Å². The lowest BCUT2D eigenvalue weighted by atomic mass is 9.55. The molecule has 2 spiro atoms. The summed E-state index contributed by atoms with van der Waals surface area (Å²) in [5.74, 6) is 16.6. The lowest BCUT2D eigenvalue weighted by molar-refractivity contribution is -0.141. The van der Waals surface area contributed by atoms with E-state index < -0.39 is 48.4 Å². The van der Waals surface area contributed by atoms with Gasteiger partial charge in [0.25, 0.3) is 0 Å². The Bertz CT molecular complexity index is 4330.